The summed E-state index contributed by atoms with van der Waals surface area (Å²) in [5, 5.41) is 0. The van der Waals surface area contributed by atoms with Crippen LogP contribution >= 0.6 is 0 Å². The molecule has 0 spiro atoms. The molecule has 0 fully saturated rings. The van der Waals surface area contributed by atoms with Crippen molar-refractivity contribution in [3.8, 4) is 0 Å². The van der Waals surface area contributed by atoms with Crippen molar-refractivity contribution in [3.05, 3.63) is 0 Å². The number of hydrogen-bond acceptors (Lipinski definition) is 1. The van der Waals surface area contributed by atoms with E-state index in [-0.39, 0.29) is 0 Å². The largest absolute Gasteiger partial charge is 0.332 e. The van der Waals surface area contributed by atoms with Gasteiger partial charge in [0.2, 0.25) is 0 Å². The maximum Gasteiger partial charge on any atom is 0.183 e. The molecule has 0 aromatic rings. The predicted molar refractivity (Wildman–Crippen MR) is 122 cm³/mol. The number of ether oxygens (including phenoxy) is 1. The molecule has 164 valence electrons. The first-order chi connectivity index (χ1) is 13.2. The van der Waals surface area contributed by atoms with Crippen molar-refractivity contribution in [2.24, 2.45) is 0 Å². The first-order valence-electron chi connectivity index (χ1n) is 12.7. The predicted octanol–water partition coefficient (Wildman–Crippen LogP) is 8.10. The van der Waals surface area contributed by atoms with E-state index in [2.05, 4.69) is 27.7 Å². The van der Waals surface area contributed by atoms with Gasteiger partial charge in [0.15, 0.2) is 6.73 Å². The fraction of sp³-hybridized carbons (Fsp3) is 1.00. The van der Waals surface area contributed by atoms with Crippen LogP contribution in [-0.2, 0) is 4.74 Å². The smallest absolute Gasteiger partial charge is 0.183 e. The first-order valence-corrected chi connectivity index (χ1v) is 12.7. The van der Waals surface area contributed by atoms with Crippen LogP contribution < -0.4 is 0 Å². The summed E-state index contributed by atoms with van der Waals surface area (Å²) in [7, 11) is 0. The van der Waals surface area contributed by atoms with E-state index in [4.69, 9.17) is 4.74 Å². The third-order valence-corrected chi connectivity index (χ3v) is 5.97. The van der Waals surface area contributed by atoms with E-state index in [1.807, 2.05) is 0 Å². The minimum Gasteiger partial charge on any atom is -0.332 e. The van der Waals surface area contributed by atoms with Crippen molar-refractivity contribution in [2.45, 2.75) is 130 Å². The Labute approximate surface area is 173 Å². The van der Waals surface area contributed by atoms with Crippen molar-refractivity contribution in [1.29, 1.82) is 0 Å². The van der Waals surface area contributed by atoms with Gasteiger partial charge in [-0.3, -0.25) is 0 Å². The molecule has 0 heterocycles. The van der Waals surface area contributed by atoms with E-state index in [9.17, 15) is 0 Å². The Morgan fingerprint density at radius 2 is 0.815 bits per heavy atom. The van der Waals surface area contributed by atoms with E-state index in [1.165, 1.54) is 127 Å². The molecule has 0 N–H and O–H groups in total. The van der Waals surface area contributed by atoms with Crippen LogP contribution in [0.25, 0.3) is 0 Å². The van der Waals surface area contributed by atoms with Crippen LogP contribution in [0.4, 0.5) is 0 Å². The van der Waals surface area contributed by atoms with Crippen molar-refractivity contribution in [1.82, 2.24) is 0 Å². The fourth-order valence-corrected chi connectivity index (χ4v) is 3.96. The van der Waals surface area contributed by atoms with Crippen LogP contribution in [0.15, 0.2) is 0 Å². The number of rotatable bonds is 22. The van der Waals surface area contributed by atoms with Crippen molar-refractivity contribution >= 4 is 0 Å². The van der Waals surface area contributed by atoms with Gasteiger partial charge < -0.3 is 9.22 Å². The average Bonchev–Trinajstić information content (AvgIpc) is 2.69. The second-order valence-electron chi connectivity index (χ2n) is 8.79. The van der Waals surface area contributed by atoms with Crippen LogP contribution in [0.3, 0.4) is 0 Å². The minimum absolute atomic E-state index is 0.956. The van der Waals surface area contributed by atoms with Gasteiger partial charge in [-0.25, -0.2) is 0 Å². The average molecular weight is 385 g/mol. The Hall–Kier alpha value is -0.0800. The van der Waals surface area contributed by atoms with Gasteiger partial charge in [-0.1, -0.05) is 105 Å². The Morgan fingerprint density at radius 3 is 1.22 bits per heavy atom. The van der Waals surface area contributed by atoms with E-state index >= 15 is 0 Å². The number of unbranched alkanes of at least 4 members (excludes halogenated alkanes) is 12. The summed E-state index contributed by atoms with van der Waals surface area (Å²) in [6, 6.07) is 0. The molecular weight excluding hydrogens is 330 g/mol. The highest BCUT2D eigenvalue weighted by atomic mass is 16.5. The Bertz CT molecular complexity index is 258. The lowest BCUT2D eigenvalue weighted by molar-refractivity contribution is -0.946. The zero-order valence-corrected chi connectivity index (χ0v) is 19.7. The molecule has 0 saturated carbocycles. The maximum absolute atomic E-state index is 6.23. The molecule has 0 atom stereocenters. The zero-order valence-electron chi connectivity index (χ0n) is 19.7. The minimum atomic E-state index is 0.956. The van der Waals surface area contributed by atoms with Crippen molar-refractivity contribution in [2.75, 3.05) is 33.0 Å². The normalized spacial score (nSPS) is 12.0. The molecule has 0 bridgehead atoms. The standard InChI is InChI=1S/C25H54NO/c1-5-9-13-14-15-16-17-18-19-20-24-27-25-26(21-10-6-2,22-11-7-3)23-12-8-4/h5-25H2,1-4H3/q+1. The Balaban J connectivity index is 3.89. The zero-order chi connectivity index (χ0) is 20.1. The molecule has 0 aromatic heterocycles. The SMILES string of the molecule is CCCCCCCCCCCCOC[N+](CCCC)(CCCC)CCCC. The molecular formula is C25H54NO+. The molecule has 0 radical (unpaired) electrons. The lowest BCUT2D eigenvalue weighted by Gasteiger charge is -2.38. The van der Waals surface area contributed by atoms with E-state index in [0.717, 1.165) is 13.3 Å². The molecule has 0 aliphatic heterocycles. The quantitative estimate of drug-likeness (QED) is 0.104. The second kappa shape index (κ2) is 20.6. The molecule has 0 amide bonds. The van der Waals surface area contributed by atoms with Gasteiger partial charge in [0.05, 0.1) is 26.2 Å². The maximum atomic E-state index is 6.23. The fourth-order valence-electron chi connectivity index (χ4n) is 3.96. The molecule has 0 aromatic carbocycles. The summed E-state index contributed by atoms with van der Waals surface area (Å²) in [5.41, 5.74) is 0. The number of hydrogen-bond donors (Lipinski definition) is 0. The van der Waals surface area contributed by atoms with Crippen LogP contribution in [-0.4, -0.2) is 37.5 Å². The summed E-state index contributed by atoms with van der Waals surface area (Å²) in [6.07, 6.45) is 21.9. The van der Waals surface area contributed by atoms with Crippen molar-refractivity contribution < 1.29 is 9.22 Å². The summed E-state index contributed by atoms with van der Waals surface area (Å²) < 4.78 is 7.45. The highest BCUT2D eigenvalue weighted by Crippen LogP contribution is 2.16. The Kier molecular flexibility index (Phi) is 20.6. The van der Waals surface area contributed by atoms with E-state index in [1.54, 1.807) is 0 Å². The first kappa shape index (κ1) is 26.9. The molecule has 2 nitrogen and oxygen atoms in total. The van der Waals surface area contributed by atoms with Gasteiger partial charge in [0, 0.05) is 0 Å². The molecule has 0 rings (SSSR count). The van der Waals surface area contributed by atoms with Crippen LogP contribution in [0.5, 0.6) is 0 Å². The summed E-state index contributed by atoms with van der Waals surface area (Å²) in [4.78, 5) is 0. The summed E-state index contributed by atoms with van der Waals surface area (Å²) >= 11 is 0. The molecule has 0 aliphatic rings. The monoisotopic (exact) mass is 384 g/mol. The molecule has 2 heteroatoms. The van der Waals surface area contributed by atoms with Gasteiger partial charge in [-0.2, -0.15) is 0 Å². The van der Waals surface area contributed by atoms with Crippen LogP contribution in [0.1, 0.15) is 130 Å². The van der Waals surface area contributed by atoms with Gasteiger partial charge >= 0.3 is 0 Å². The third-order valence-electron chi connectivity index (χ3n) is 5.97. The lowest BCUT2D eigenvalue weighted by Crippen LogP contribution is -2.51. The van der Waals surface area contributed by atoms with Crippen LogP contribution in [0.2, 0.25) is 0 Å². The summed E-state index contributed by atoms with van der Waals surface area (Å²) in [6.45, 7) is 15.1. The van der Waals surface area contributed by atoms with Crippen LogP contribution in [0, 0.1) is 0 Å². The van der Waals surface area contributed by atoms with Gasteiger partial charge in [0.1, 0.15) is 0 Å². The van der Waals surface area contributed by atoms with E-state index in [0.29, 0.717) is 0 Å². The molecule has 27 heavy (non-hydrogen) atoms. The number of nitrogens with zero attached hydrogens (tertiary/aromatic N) is 1. The molecule has 0 aliphatic carbocycles. The van der Waals surface area contributed by atoms with Gasteiger partial charge in [-0.05, 0) is 25.7 Å². The van der Waals surface area contributed by atoms with Crippen molar-refractivity contribution in [3.63, 3.8) is 0 Å². The van der Waals surface area contributed by atoms with Gasteiger partial charge in [0.25, 0.3) is 0 Å². The van der Waals surface area contributed by atoms with E-state index < -0.39 is 0 Å². The molecule has 0 saturated heterocycles. The summed E-state index contributed by atoms with van der Waals surface area (Å²) in [5.74, 6) is 0. The van der Waals surface area contributed by atoms with Gasteiger partial charge in [-0.15, -0.1) is 0 Å². The highest BCUT2D eigenvalue weighted by Gasteiger charge is 2.25. The number of quaternary nitrogens is 1. The Morgan fingerprint density at radius 1 is 0.444 bits per heavy atom. The molecule has 0 unspecified atom stereocenters. The highest BCUT2D eigenvalue weighted by molar-refractivity contribution is 4.48. The topological polar surface area (TPSA) is 9.23 Å². The third kappa shape index (κ3) is 16.6. The second-order valence-corrected chi connectivity index (χ2v) is 8.79. The lowest BCUT2D eigenvalue weighted by atomic mass is 10.1.